The predicted molar refractivity (Wildman–Crippen MR) is 72.8 cm³/mol. The largest absolute Gasteiger partial charge is 0.480 e. The lowest BCUT2D eigenvalue weighted by Gasteiger charge is -2.28. The van der Waals surface area contributed by atoms with Crippen LogP contribution in [0.3, 0.4) is 0 Å². The van der Waals surface area contributed by atoms with E-state index in [2.05, 4.69) is 10.3 Å². The number of pyridine rings is 1. The van der Waals surface area contributed by atoms with Crippen molar-refractivity contribution in [1.82, 2.24) is 10.3 Å². The number of rotatable bonds is 3. The van der Waals surface area contributed by atoms with Crippen molar-refractivity contribution in [2.24, 2.45) is 5.92 Å². The fourth-order valence-electron chi connectivity index (χ4n) is 3.44. The Morgan fingerprint density at radius 2 is 1.95 bits per heavy atom. The van der Waals surface area contributed by atoms with Crippen molar-refractivity contribution in [2.45, 2.75) is 43.9 Å². The van der Waals surface area contributed by atoms with E-state index in [0.29, 0.717) is 19.0 Å². The van der Waals surface area contributed by atoms with Crippen LogP contribution in [0.25, 0.3) is 0 Å². The average molecular weight is 314 g/mol. The van der Waals surface area contributed by atoms with Gasteiger partial charge in [0.05, 0.1) is 18.2 Å². The van der Waals surface area contributed by atoms with Crippen LogP contribution >= 0.6 is 0 Å². The average Bonchev–Trinajstić information content (AvgIpc) is 2.83. The molecule has 2 aliphatic rings. The summed E-state index contributed by atoms with van der Waals surface area (Å²) >= 11 is 0. The van der Waals surface area contributed by atoms with Crippen LogP contribution in [0, 0.1) is 5.92 Å². The first kappa shape index (κ1) is 15.3. The maximum atomic E-state index is 12.8. The molecule has 2 atom stereocenters. The van der Waals surface area contributed by atoms with Crippen molar-refractivity contribution < 1.29 is 22.7 Å². The quantitative estimate of drug-likeness (QED) is 0.872. The number of hydrogen-bond donors (Lipinski definition) is 1. The summed E-state index contributed by atoms with van der Waals surface area (Å²) in [5, 5.41) is 3.41. The number of carbonyl (C=O) groups excluding carboxylic acids is 1. The summed E-state index contributed by atoms with van der Waals surface area (Å²) in [7, 11) is 1.30. The predicted octanol–water partition coefficient (Wildman–Crippen LogP) is 2.82. The Hall–Kier alpha value is -1.63. The van der Waals surface area contributed by atoms with E-state index in [1.54, 1.807) is 0 Å². The second-order valence-electron chi connectivity index (χ2n) is 5.95. The second kappa shape index (κ2) is 5.53. The van der Waals surface area contributed by atoms with Gasteiger partial charge >= 0.3 is 6.18 Å². The number of ketones is 1. The number of hydrogen-bond acceptors (Lipinski definition) is 4. The van der Waals surface area contributed by atoms with Gasteiger partial charge in [-0.3, -0.25) is 4.79 Å². The number of piperidine rings is 1. The molecular weight excluding hydrogens is 297 g/mol. The molecule has 7 heteroatoms. The van der Waals surface area contributed by atoms with Crippen LogP contribution in [0.4, 0.5) is 13.2 Å². The minimum atomic E-state index is -4.53. The number of alkyl halides is 3. The highest BCUT2D eigenvalue weighted by Crippen LogP contribution is 2.36. The molecule has 0 aliphatic carbocycles. The summed E-state index contributed by atoms with van der Waals surface area (Å²) in [6, 6.07) is 1.44. The molecule has 0 saturated carbocycles. The van der Waals surface area contributed by atoms with Crippen molar-refractivity contribution in [2.75, 3.05) is 7.11 Å². The van der Waals surface area contributed by atoms with Gasteiger partial charge in [-0.1, -0.05) is 0 Å². The highest BCUT2D eigenvalue weighted by molar-refractivity contribution is 6.00. The Balaban J connectivity index is 1.90. The lowest BCUT2D eigenvalue weighted by Crippen LogP contribution is -2.40. The number of fused-ring (bicyclic) bond motifs is 2. The fraction of sp³-hybridized carbons (Fsp3) is 0.600. The molecule has 3 heterocycles. The molecule has 0 aromatic carbocycles. The van der Waals surface area contributed by atoms with Gasteiger partial charge in [0.15, 0.2) is 5.78 Å². The summed E-state index contributed by atoms with van der Waals surface area (Å²) in [6.07, 6.45) is -0.467. The molecule has 22 heavy (non-hydrogen) atoms. The van der Waals surface area contributed by atoms with Gasteiger partial charge in [-0.25, -0.2) is 4.98 Å². The standard InChI is InChI=1S/C15H17F3N2O2/c1-22-14-12(6-9(7-19-14)15(16,17)18)13(21)8-4-10-2-3-11(5-8)20-10/h6-8,10-11,20H,2-5H2,1H3. The van der Waals surface area contributed by atoms with Crippen LogP contribution in [-0.2, 0) is 6.18 Å². The summed E-state index contributed by atoms with van der Waals surface area (Å²) < 4.78 is 43.5. The smallest absolute Gasteiger partial charge is 0.417 e. The number of ether oxygens (including phenoxy) is 1. The normalized spacial score (nSPS) is 27.7. The minimum absolute atomic E-state index is 0.0381. The summed E-state index contributed by atoms with van der Waals surface area (Å²) in [4.78, 5) is 16.3. The molecule has 0 spiro atoms. The van der Waals surface area contributed by atoms with E-state index in [0.717, 1.165) is 18.9 Å². The van der Waals surface area contributed by atoms with Gasteiger partial charge in [-0.05, 0) is 31.7 Å². The van der Waals surface area contributed by atoms with E-state index in [9.17, 15) is 18.0 Å². The molecule has 2 aliphatic heterocycles. The van der Waals surface area contributed by atoms with Gasteiger partial charge in [0.2, 0.25) is 5.88 Å². The summed E-state index contributed by atoms with van der Waals surface area (Å²) in [5.74, 6) is -0.601. The van der Waals surface area contributed by atoms with E-state index in [4.69, 9.17) is 4.74 Å². The van der Waals surface area contributed by atoms with Crippen LogP contribution in [0.2, 0.25) is 0 Å². The van der Waals surface area contributed by atoms with Crippen LogP contribution < -0.4 is 10.1 Å². The van der Waals surface area contributed by atoms with Gasteiger partial charge in [-0.15, -0.1) is 0 Å². The van der Waals surface area contributed by atoms with Crippen LogP contribution in [0.5, 0.6) is 5.88 Å². The van der Waals surface area contributed by atoms with Crippen molar-refractivity contribution in [3.63, 3.8) is 0 Å². The van der Waals surface area contributed by atoms with E-state index >= 15 is 0 Å². The summed E-state index contributed by atoms with van der Waals surface area (Å²) in [5.41, 5.74) is -0.989. The number of methoxy groups -OCH3 is 1. The third-order valence-electron chi connectivity index (χ3n) is 4.48. The number of carbonyl (C=O) groups is 1. The zero-order valence-corrected chi connectivity index (χ0v) is 12.1. The molecule has 120 valence electrons. The Kier molecular flexibility index (Phi) is 3.84. The van der Waals surface area contributed by atoms with Crippen molar-refractivity contribution in [3.05, 3.63) is 23.4 Å². The van der Waals surface area contributed by atoms with Gasteiger partial charge in [-0.2, -0.15) is 13.2 Å². The number of halogens is 3. The first-order valence-corrected chi connectivity index (χ1v) is 7.30. The maximum Gasteiger partial charge on any atom is 0.417 e. The Labute approximate surface area is 126 Å². The molecule has 0 amide bonds. The zero-order chi connectivity index (χ0) is 15.9. The third-order valence-corrected chi connectivity index (χ3v) is 4.48. The number of nitrogens with zero attached hydrogens (tertiary/aromatic N) is 1. The molecule has 3 rings (SSSR count). The molecule has 4 nitrogen and oxygen atoms in total. The van der Waals surface area contributed by atoms with E-state index < -0.39 is 11.7 Å². The monoisotopic (exact) mass is 314 g/mol. The molecular formula is C15H17F3N2O2. The van der Waals surface area contributed by atoms with Crippen LogP contribution in [0.1, 0.15) is 41.6 Å². The molecule has 2 bridgehead atoms. The highest BCUT2D eigenvalue weighted by Gasteiger charge is 2.39. The number of aromatic nitrogens is 1. The van der Waals surface area contributed by atoms with Crippen LogP contribution in [0.15, 0.2) is 12.3 Å². The molecule has 0 radical (unpaired) electrons. The van der Waals surface area contributed by atoms with Gasteiger partial charge < -0.3 is 10.1 Å². The van der Waals surface area contributed by atoms with Crippen molar-refractivity contribution in [3.8, 4) is 5.88 Å². The van der Waals surface area contributed by atoms with Crippen molar-refractivity contribution >= 4 is 5.78 Å². The maximum absolute atomic E-state index is 12.8. The Morgan fingerprint density at radius 1 is 1.32 bits per heavy atom. The fourth-order valence-corrected chi connectivity index (χ4v) is 3.44. The number of nitrogens with one attached hydrogen (secondary N) is 1. The van der Waals surface area contributed by atoms with E-state index in [-0.39, 0.29) is 35.2 Å². The van der Waals surface area contributed by atoms with E-state index in [1.165, 1.54) is 7.11 Å². The first-order chi connectivity index (χ1) is 10.4. The van der Waals surface area contributed by atoms with Crippen molar-refractivity contribution in [1.29, 1.82) is 0 Å². The van der Waals surface area contributed by atoms with Crippen LogP contribution in [-0.4, -0.2) is 30.0 Å². The van der Waals surface area contributed by atoms with E-state index in [1.807, 2.05) is 0 Å². The number of Topliss-reactive ketones (excluding diaryl/α,β-unsaturated/α-hetero) is 1. The lowest BCUT2D eigenvalue weighted by molar-refractivity contribution is -0.137. The molecule has 2 saturated heterocycles. The molecule has 2 unspecified atom stereocenters. The highest BCUT2D eigenvalue weighted by atomic mass is 19.4. The lowest BCUT2D eigenvalue weighted by atomic mass is 9.86. The molecule has 1 N–H and O–H groups in total. The topological polar surface area (TPSA) is 51.2 Å². The Bertz CT molecular complexity index is 577. The summed E-state index contributed by atoms with van der Waals surface area (Å²) in [6.45, 7) is 0. The van der Waals surface area contributed by atoms with Gasteiger partial charge in [0.1, 0.15) is 0 Å². The van der Waals surface area contributed by atoms with Gasteiger partial charge in [0, 0.05) is 24.2 Å². The molecule has 2 fully saturated rings. The second-order valence-corrected chi connectivity index (χ2v) is 5.95. The SMILES string of the molecule is COc1ncc(C(F)(F)F)cc1C(=O)C1CC2CCC(C1)N2. The Morgan fingerprint density at radius 3 is 2.50 bits per heavy atom. The first-order valence-electron chi connectivity index (χ1n) is 7.30. The molecule has 1 aromatic heterocycles. The molecule has 1 aromatic rings. The third kappa shape index (κ3) is 2.82. The minimum Gasteiger partial charge on any atom is -0.480 e. The zero-order valence-electron chi connectivity index (χ0n) is 12.1. The van der Waals surface area contributed by atoms with Gasteiger partial charge in [0.25, 0.3) is 0 Å².